The predicted octanol–water partition coefficient (Wildman–Crippen LogP) is 0.166. The molecular weight excluding hydrogens is 298 g/mol. The quantitative estimate of drug-likeness (QED) is 0.735. The Kier molecular flexibility index (Phi) is 3.91. The van der Waals surface area contributed by atoms with Gasteiger partial charge in [-0.3, -0.25) is 14.2 Å². The van der Waals surface area contributed by atoms with Gasteiger partial charge in [0, 0.05) is 30.7 Å². The van der Waals surface area contributed by atoms with E-state index in [0.717, 1.165) is 10.5 Å². The minimum absolute atomic E-state index is 0.191. The SMILES string of the molecule is Cc1nccn1-c1cc(NC(=O)Cn2ncccc2=O)ncn1. The van der Waals surface area contributed by atoms with Gasteiger partial charge < -0.3 is 5.32 Å². The normalized spacial score (nSPS) is 10.5. The van der Waals surface area contributed by atoms with Crippen LogP contribution >= 0.6 is 0 Å². The van der Waals surface area contributed by atoms with E-state index in [4.69, 9.17) is 0 Å². The lowest BCUT2D eigenvalue weighted by molar-refractivity contribution is -0.117. The first-order chi connectivity index (χ1) is 11.1. The molecule has 0 atom stereocenters. The second-order valence-corrected chi connectivity index (χ2v) is 4.67. The van der Waals surface area contributed by atoms with Crippen molar-refractivity contribution in [3.8, 4) is 5.82 Å². The third-order valence-corrected chi connectivity index (χ3v) is 3.07. The van der Waals surface area contributed by atoms with E-state index in [2.05, 4.69) is 25.4 Å². The van der Waals surface area contributed by atoms with E-state index in [-0.39, 0.29) is 12.1 Å². The van der Waals surface area contributed by atoms with Crippen molar-refractivity contribution >= 4 is 11.7 Å². The molecule has 116 valence electrons. The Labute approximate surface area is 130 Å². The molecule has 1 amide bonds. The van der Waals surface area contributed by atoms with Gasteiger partial charge in [-0.25, -0.2) is 19.6 Å². The molecule has 0 aliphatic carbocycles. The summed E-state index contributed by atoms with van der Waals surface area (Å²) in [7, 11) is 0. The Morgan fingerprint density at radius 1 is 1.26 bits per heavy atom. The van der Waals surface area contributed by atoms with E-state index in [1.807, 2.05) is 6.92 Å². The summed E-state index contributed by atoms with van der Waals surface area (Å²) < 4.78 is 2.83. The van der Waals surface area contributed by atoms with Gasteiger partial charge in [0.05, 0.1) is 0 Å². The van der Waals surface area contributed by atoms with E-state index >= 15 is 0 Å². The summed E-state index contributed by atoms with van der Waals surface area (Å²) >= 11 is 0. The molecule has 0 spiro atoms. The van der Waals surface area contributed by atoms with Gasteiger partial charge in [-0.15, -0.1) is 0 Å². The van der Waals surface area contributed by atoms with Gasteiger partial charge in [0.15, 0.2) is 0 Å². The van der Waals surface area contributed by atoms with Crippen LogP contribution in [0.15, 0.2) is 47.9 Å². The van der Waals surface area contributed by atoms with Crippen LogP contribution in [0.2, 0.25) is 0 Å². The smallest absolute Gasteiger partial charge is 0.267 e. The number of anilines is 1. The van der Waals surface area contributed by atoms with Crippen LogP contribution in [0.1, 0.15) is 5.82 Å². The number of nitrogens with one attached hydrogen (secondary N) is 1. The number of hydrogen-bond acceptors (Lipinski definition) is 6. The van der Waals surface area contributed by atoms with Gasteiger partial charge in [-0.05, 0) is 13.0 Å². The van der Waals surface area contributed by atoms with Gasteiger partial charge in [-0.2, -0.15) is 5.10 Å². The number of hydrogen-bond donors (Lipinski definition) is 1. The average molecular weight is 311 g/mol. The average Bonchev–Trinajstić information content (AvgIpc) is 2.96. The number of carbonyl (C=O) groups excluding carboxylic acids is 1. The van der Waals surface area contributed by atoms with Crippen molar-refractivity contribution in [1.82, 2.24) is 29.3 Å². The molecular formula is C14H13N7O2. The van der Waals surface area contributed by atoms with E-state index in [1.165, 1.54) is 24.7 Å². The number of aryl methyl sites for hydroxylation is 1. The number of nitrogens with zero attached hydrogens (tertiary/aromatic N) is 6. The monoisotopic (exact) mass is 311 g/mol. The van der Waals surface area contributed by atoms with Gasteiger partial charge in [-0.1, -0.05) is 0 Å². The Balaban J connectivity index is 1.76. The number of amides is 1. The summed E-state index contributed by atoms with van der Waals surface area (Å²) in [5.74, 6) is 1.27. The zero-order valence-corrected chi connectivity index (χ0v) is 12.2. The molecule has 9 nitrogen and oxygen atoms in total. The standard InChI is InChI=1S/C14H13N7O2/c1-10-15-5-6-20(10)12-7-11(16-9-17-12)19-13(22)8-21-14(23)3-2-4-18-21/h2-7,9H,8H2,1H3,(H,16,17,19,22). The van der Waals surface area contributed by atoms with Crippen LogP contribution in [-0.2, 0) is 11.3 Å². The maximum atomic E-state index is 12.0. The summed E-state index contributed by atoms with van der Waals surface area (Å²) in [5, 5.41) is 6.44. The summed E-state index contributed by atoms with van der Waals surface area (Å²) in [6.45, 7) is 1.65. The molecule has 3 rings (SSSR count). The Hall–Kier alpha value is -3.36. The molecule has 0 aliphatic heterocycles. The van der Waals surface area contributed by atoms with E-state index in [0.29, 0.717) is 11.6 Å². The topological polar surface area (TPSA) is 108 Å². The zero-order valence-electron chi connectivity index (χ0n) is 12.2. The second-order valence-electron chi connectivity index (χ2n) is 4.67. The zero-order chi connectivity index (χ0) is 16.2. The third kappa shape index (κ3) is 3.28. The van der Waals surface area contributed by atoms with Crippen LogP contribution in [-0.4, -0.2) is 35.2 Å². The molecule has 3 aromatic heterocycles. The molecule has 9 heteroatoms. The summed E-state index contributed by atoms with van der Waals surface area (Å²) in [4.78, 5) is 35.8. The fourth-order valence-corrected chi connectivity index (χ4v) is 1.99. The molecule has 3 aromatic rings. The van der Waals surface area contributed by atoms with Crippen molar-refractivity contribution in [3.63, 3.8) is 0 Å². The van der Waals surface area contributed by atoms with Crippen molar-refractivity contribution < 1.29 is 4.79 Å². The number of aromatic nitrogens is 6. The fraction of sp³-hybridized carbons (Fsp3) is 0.143. The number of imidazole rings is 1. The molecule has 0 saturated carbocycles. The first kappa shape index (κ1) is 14.6. The largest absolute Gasteiger partial charge is 0.309 e. The maximum absolute atomic E-state index is 12.0. The lowest BCUT2D eigenvalue weighted by Crippen LogP contribution is -2.28. The van der Waals surface area contributed by atoms with Crippen LogP contribution in [0, 0.1) is 6.92 Å². The van der Waals surface area contributed by atoms with E-state index in [1.54, 1.807) is 23.0 Å². The van der Waals surface area contributed by atoms with Crippen LogP contribution in [0.3, 0.4) is 0 Å². The summed E-state index contributed by atoms with van der Waals surface area (Å²) in [5.41, 5.74) is -0.347. The Morgan fingerprint density at radius 2 is 2.13 bits per heavy atom. The minimum Gasteiger partial charge on any atom is -0.309 e. The Bertz CT molecular complexity index is 900. The maximum Gasteiger partial charge on any atom is 0.267 e. The van der Waals surface area contributed by atoms with Crippen molar-refractivity contribution in [2.45, 2.75) is 13.5 Å². The molecule has 1 N–H and O–H groups in total. The number of carbonyl (C=O) groups is 1. The second kappa shape index (κ2) is 6.18. The molecule has 0 unspecified atom stereocenters. The lowest BCUT2D eigenvalue weighted by atomic mass is 10.4. The van der Waals surface area contributed by atoms with Crippen molar-refractivity contribution in [2.24, 2.45) is 0 Å². The van der Waals surface area contributed by atoms with E-state index < -0.39 is 5.91 Å². The van der Waals surface area contributed by atoms with Crippen LogP contribution in [0.4, 0.5) is 5.82 Å². The van der Waals surface area contributed by atoms with Gasteiger partial charge in [0.25, 0.3) is 5.56 Å². The minimum atomic E-state index is -0.405. The molecule has 0 aliphatic rings. The molecule has 0 bridgehead atoms. The predicted molar refractivity (Wildman–Crippen MR) is 81.0 cm³/mol. The molecule has 0 saturated heterocycles. The van der Waals surface area contributed by atoms with Crippen LogP contribution in [0.25, 0.3) is 5.82 Å². The van der Waals surface area contributed by atoms with Gasteiger partial charge in [0.2, 0.25) is 5.91 Å². The van der Waals surface area contributed by atoms with Crippen molar-refractivity contribution in [1.29, 1.82) is 0 Å². The highest BCUT2D eigenvalue weighted by Gasteiger charge is 2.08. The van der Waals surface area contributed by atoms with Crippen LogP contribution < -0.4 is 10.9 Å². The lowest BCUT2D eigenvalue weighted by Gasteiger charge is -2.08. The van der Waals surface area contributed by atoms with Gasteiger partial charge in [0.1, 0.15) is 30.3 Å². The highest BCUT2D eigenvalue weighted by Crippen LogP contribution is 2.10. The van der Waals surface area contributed by atoms with Crippen molar-refractivity contribution in [3.05, 3.63) is 59.3 Å². The van der Waals surface area contributed by atoms with Crippen molar-refractivity contribution in [2.75, 3.05) is 5.32 Å². The highest BCUT2D eigenvalue weighted by atomic mass is 16.2. The fourth-order valence-electron chi connectivity index (χ4n) is 1.99. The third-order valence-electron chi connectivity index (χ3n) is 3.07. The highest BCUT2D eigenvalue weighted by molar-refractivity contribution is 5.89. The van der Waals surface area contributed by atoms with E-state index in [9.17, 15) is 9.59 Å². The molecule has 0 fully saturated rings. The molecule has 0 radical (unpaired) electrons. The Morgan fingerprint density at radius 3 is 2.87 bits per heavy atom. The molecule has 0 aromatic carbocycles. The summed E-state index contributed by atoms with van der Waals surface area (Å²) in [6.07, 6.45) is 6.20. The first-order valence-electron chi connectivity index (χ1n) is 6.78. The van der Waals surface area contributed by atoms with Crippen LogP contribution in [0.5, 0.6) is 0 Å². The van der Waals surface area contributed by atoms with Gasteiger partial charge >= 0.3 is 0 Å². The number of rotatable bonds is 4. The molecule has 23 heavy (non-hydrogen) atoms. The first-order valence-corrected chi connectivity index (χ1v) is 6.78. The molecule has 3 heterocycles. The summed E-state index contributed by atoms with van der Waals surface area (Å²) in [6, 6.07) is 4.47.